The topological polar surface area (TPSA) is 118 Å². The molecule has 1 N–H and O–H groups in total. The molecule has 2 saturated heterocycles. The molecule has 9 nitrogen and oxygen atoms in total. The van der Waals surface area contributed by atoms with Gasteiger partial charge in [-0.05, 0) is 25.2 Å². The second-order valence-electron chi connectivity index (χ2n) is 7.12. The Labute approximate surface area is 153 Å². The van der Waals surface area contributed by atoms with Gasteiger partial charge in [-0.25, -0.2) is 21.1 Å². The van der Waals surface area contributed by atoms with Gasteiger partial charge in [0.2, 0.25) is 15.9 Å². The summed E-state index contributed by atoms with van der Waals surface area (Å²) in [5.74, 6) is 0.274. The molecule has 1 unspecified atom stereocenters. The van der Waals surface area contributed by atoms with Gasteiger partial charge in [-0.3, -0.25) is 9.48 Å². The van der Waals surface area contributed by atoms with Crippen molar-refractivity contribution in [1.82, 2.24) is 14.1 Å². The zero-order valence-corrected chi connectivity index (χ0v) is 16.3. The first-order valence-corrected chi connectivity index (χ1v) is 12.3. The highest BCUT2D eigenvalue weighted by atomic mass is 32.2. The average Bonchev–Trinajstić information content (AvgIpc) is 3.13. The predicted molar refractivity (Wildman–Crippen MR) is 96.9 cm³/mol. The lowest BCUT2D eigenvalue weighted by Crippen LogP contribution is -2.38. The molecule has 1 aromatic heterocycles. The number of sulfone groups is 1. The van der Waals surface area contributed by atoms with Gasteiger partial charge in [0.25, 0.3) is 0 Å². The number of piperidine rings is 1. The molecule has 0 aliphatic carbocycles. The van der Waals surface area contributed by atoms with E-state index in [1.807, 2.05) is 0 Å². The zero-order chi connectivity index (χ0) is 18.9. The van der Waals surface area contributed by atoms with Gasteiger partial charge in [0.15, 0.2) is 9.84 Å². The van der Waals surface area contributed by atoms with E-state index in [4.69, 9.17) is 0 Å². The van der Waals surface area contributed by atoms with Crippen LogP contribution in [0.25, 0.3) is 0 Å². The third-order valence-electron chi connectivity index (χ3n) is 4.98. The normalized spacial score (nSPS) is 24.6. The highest BCUT2D eigenvalue weighted by Gasteiger charge is 2.30. The molecule has 26 heavy (non-hydrogen) atoms. The number of carbonyl (C=O) groups excluding carboxylic acids is 1. The number of amides is 1. The molecule has 0 saturated carbocycles. The molecule has 0 spiro atoms. The van der Waals surface area contributed by atoms with Crippen molar-refractivity contribution < 1.29 is 21.6 Å². The third-order valence-corrected chi connectivity index (χ3v) is 8.04. The van der Waals surface area contributed by atoms with Crippen molar-refractivity contribution in [1.29, 1.82) is 0 Å². The number of nitrogens with zero attached hydrogens (tertiary/aromatic N) is 3. The Morgan fingerprint density at radius 3 is 2.58 bits per heavy atom. The smallest absolute Gasteiger partial charge is 0.224 e. The summed E-state index contributed by atoms with van der Waals surface area (Å²) in [5, 5.41) is 6.96. The molecule has 2 aliphatic heterocycles. The Kier molecular flexibility index (Phi) is 5.40. The number of hydrogen-bond acceptors (Lipinski definition) is 6. The van der Waals surface area contributed by atoms with E-state index in [-0.39, 0.29) is 29.4 Å². The minimum Gasteiger partial charge on any atom is -0.323 e. The maximum absolute atomic E-state index is 12.2. The van der Waals surface area contributed by atoms with Gasteiger partial charge < -0.3 is 5.32 Å². The van der Waals surface area contributed by atoms with Crippen molar-refractivity contribution in [2.75, 3.05) is 36.2 Å². The van der Waals surface area contributed by atoms with Gasteiger partial charge in [0, 0.05) is 25.7 Å². The Morgan fingerprint density at radius 1 is 1.31 bits per heavy atom. The van der Waals surface area contributed by atoms with E-state index in [2.05, 4.69) is 10.4 Å². The lowest BCUT2D eigenvalue weighted by atomic mass is 9.94. The Bertz CT molecular complexity index is 870. The fourth-order valence-electron chi connectivity index (χ4n) is 3.51. The Hall–Kier alpha value is -1.46. The molecule has 1 aromatic rings. The van der Waals surface area contributed by atoms with E-state index in [0.29, 0.717) is 44.5 Å². The van der Waals surface area contributed by atoms with Gasteiger partial charge in [-0.15, -0.1) is 0 Å². The molecule has 0 radical (unpaired) electrons. The van der Waals surface area contributed by atoms with E-state index >= 15 is 0 Å². The van der Waals surface area contributed by atoms with Crippen molar-refractivity contribution in [2.45, 2.75) is 31.7 Å². The summed E-state index contributed by atoms with van der Waals surface area (Å²) < 4.78 is 49.2. The largest absolute Gasteiger partial charge is 0.323 e. The fraction of sp³-hybridized carbons (Fsp3) is 0.733. The van der Waals surface area contributed by atoms with Crippen LogP contribution in [0.2, 0.25) is 0 Å². The Balaban J connectivity index is 1.49. The molecule has 11 heteroatoms. The number of hydrogen-bond donors (Lipinski definition) is 1. The third kappa shape index (κ3) is 4.83. The van der Waals surface area contributed by atoms with Crippen molar-refractivity contribution >= 4 is 31.5 Å². The first-order chi connectivity index (χ1) is 12.1. The summed E-state index contributed by atoms with van der Waals surface area (Å²) in [4.78, 5) is 12.2. The van der Waals surface area contributed by atoms with Crippen LogP contribution in [0.4, 0.5) is 5.69 Å². The number of sulfonamides is 1. The second-order valence-corrected chi connectivity index (χ2v) is 11.3. The van der Waals surface area contributed by atoms with Crippen molar-refractivity contribution in [3.8, 4) is 0 Å². The first-order valence-electron chi connectivity index (χ1n) is 8.62. The number of carbonyl (C=O) groups is 1. The van der Waals surface area contributed by atoms with Gasteiger partial charge >= 0.3 is 0 Å². The van der Waals surface area contributed by atoms with E-state index in [1.54, 1.807) is 10.9 Å². The van der Waals surface area contributed by atoms with Crippen LogP contribution in [0, 0.1) is 5.92 Å². The van der Waals surface area contributed by atoms with Gasteiger partial charge in [-0.1, -0.05) is 0 Å². The fourth-order valence-corrected chi connectivity index (χ4v) is 6.08. The maximum atomic E-state index is 12.2. The quantitative estimate of drug-likeness (QED) is 0.751. The monoisotopic (exact) mass is 404 g/mol. The second kappa shape index (κ2) is 7.28. The van der Waals surface area contributed by atoms with Crippen LogP contribution < -0.4 is 5.32 Å². The molecular formula is C15H24N4O5S2. The van der Waals surface area contributed by atoms with Crippen LogP contribution in [-0.2, 0) is 24.7 Å². The standard InChI is InChI=1S/C15H24N4O5S2/c1-25(21,22)18-5-2-12(3-6-18)8-15(20)17-13-9-16-19(10-13)14-4-7-26(23,24)11-14/h9-10,12,14H,2-8,11H2,1H3,(H,17,20). The Morgan fingerprint density at radius 2 is 2.00 bits per heavy atom. The zero-order valence-electron chi connectivity index (χ0n) is 14.7. The first kappa shape index (κ1) is 19.3. The van der Waals surface area contributed by atoms with Gasteiger partial charge in [-0.2, -0.15) is 5.10 Å². The number of nitrogens with one attached hydrogen (secondary N) is 1. The molecule has 3 rings (SSSR count). The van der Waals surface area contributed by atoms with E-state index in [9.17, 15) is 21.6 Å². The van der Waals surface area contributed by atoms with Crippen LogP contribution in [-0.4, -0.2) is 67.7 Å². The number of anilines is 1. The summed E-state index contributed by atoms with van der Waals surface area (Å²) >= 11 is 0. The van der Waals surface area contributed by atoms with Crippen molar-refractivity contribution in [3.63, 3.8) is 0 Å². The van der Waals surface area contributed by atoms with Crippen LogP contribution in [0.3, 0.4) is 0 Å². The molecule has 1 amide bonds. The molecule has 2 aliphatic rings. The maximum Gasteiger partial charge on any atom is 0.224 e. The number of aromatic nitrogens is 2. The lowest BCUT2D eigenvalue weighted by Gasteiger charge is -2.29. The van der Waals surface area contributed by atoms with E-state index in [1.165, 1.54) is 16.8 Å². The van der Waals surface area contributed by atoms with Crippen LogP contribution in [0.15, 0.2) is 12.4 Å². The van der Waals surface area contributed by atoms with Crippen molar-refractivity contribution in [2.24, 2.45) is 5.92 Å². The summed E-state index contributed by atoms with van der Waals surface area (Å²) in [6.07, 6.45) is 6.59. The molecule has 146 valence electrons. The predicted octanol–water partition coefficient (Wildman–Crippen LogP) is 0.243. The average molecular weight is 405 g/mol. The molecule has 1 atom stereocenters. The van der Waals surface area contributed by atoms with Gasteiger partial charge in [0.05, 0.1) is 35.7 Å². The molecule has 0 aromatic carbocycles. The highest BCUT2D eigenvalue weighted by molar-refractivity contribution is 7.91. The molecule has 3 heterocycles. The van der Waals surface area contributed by atoms with Crippen LogP contribution >= 0.6 is 0 Å². The van der Waals surface area contributed by atoms with E-state index < -0.39 is 19.9 Å². The van der Waals surface area contributed by atoms with E-state index in [0.717, 1.165) is 0 Å². The van der Waals surface area contributed by atoms with Crippen molar-refractivity contribution in [3.05, 3.63) is 12.4 Å². The molecule has 2 fully saturated rings. The van der Waals surface area contributed by atoms with Gasteiger partial charge in [0.1, 0.15) is 0 Å². The minimum absolute atomic E-state index is 0.0843. The number of rotatable bonds is 5. The summed E-state index contributed by atoms with van der Waals surface area (Å²) in [6, 6.07) is -0.175. The highest BCUT2D eigenvalue weighted by Crippen LogP contribution is 2.25. The molecule has 0 bridgehead atoms. The SMILES string of the molecule is CS(=O)(=O)N1CCC(CC(=O)Nc2cnn(C3CCS(=O)(=O)C3)c2)CC1. The van der Waals surface area contributed by atoms with Crippen LogP contribution in [0.1, 0.15) is 31.7 Å². The molecular weight excluding hydrogens is 380 g/mol. The lowest BCUT2D eigenvalue weighted by molar-refractivity contribution is -0.117. The minimum atomic E-state index is -3.16. The van der Waals surface area contributed by atoms with Crippen LogP contribution in [0.5, 0.6) is 0 Å². The summed E-state index contributed by atoms with van der Waals surface area (Å²) in [6.45, 7) is 0.899. The summed E-state index contributed by atoms with van der Waals surface area (Å²) in [7, 11) is -6.15. The summed E-state index contributed by atoms with van der Waals surface area (Å²) in [5.41, 5.74) is 0.549.